The summed E-state index contributed by atoms with van der Waals surface area (Å²) >= 11 is 1.16. The summed E-state index contributed by atoms with van der Waals surface area (Å²) in [5.41, 5.74) is 0.920. The van der Waals surface area contributed by atoms with Crippen LogP contribution in [0.5, 0.6) is 5.75 Å². The zero-order chi connectivity index (χ0) is 21.6. The SMILES string of the molecule is COc1ccc(C=C(C#N)C(=O)Nc2ccc(S(=O)(=O)Nc3nccs3)cc2)cc1. The van der Waals surface area contributed by atoms with Crippen molar-refractivity contribution in [3.05, 3.63) is 71.2 Å². The van der Waals surface area contributed by atoms with E-state index in [1.807, 2.05) is 6.07 Å². The molecule has 2 aromatic carbocycles. The van der Waals surface area contributed by atoms with Crippen molar-refractivity contribution in [2.24, 2.45) is 0 Å². The number of benzene rings is 2. The Morgan fingerprint density at radius 3 is 2.43 bits per heavy atom. The molecule has 0 aliphatic carbocycles. The van der Waals surface area contributed by atoms with Gasteiger partial charge in [-0.25, -0.2) is 13.4 Å². The van der Waals surface area contributed by atoms with Crippen molar-refractivity contribution in [2.75, 3.05) is 17.1 Å². The molecule has 8 nitrogen and oxygen atoms in total. The van der Waals surface area contributed by atoms with E-state index in [1.54, 1.807) is 36.8 Å². The Labute approximate surface area is 177 Å². The molecule has 2 N–H and O–H groups in total. The van der Waals surface area contributed by atoms with Gasteiger partial charge in [-0.1, -0.05) is 12.1 Å². The van der Waals surface area contributed by atoms with Crippen LogP contribution < -0.4 is 14.8 Å². The van der Waals surface area contributed by atoms with Gasteiger partial charge in [-0.05, 0) is 48.0 Å². The van der Waals surface area contributed by atoms with E-state index in [1.165, 1.54) is 36.5 Å². The molecule has 30 heavy (non-hydrogen) atoms. The molecule has 0 atom stereocenters. The van der Waals surface area contributed by atoms with Crippen molar-refractivity contribution in [3.63, 3.8) is 0 Å². The quantitative estimate of drug-likeness (QED) is 0.428. The molecule has 0 saturated carbocycles. The predicted molar refractivity (Wildman–Crippen MR) is 115 cm³/mol. The molecule has 3 rings (SSSR count). The number of thiazole rings is 1. The summed E-state index contributed by atoms with van der Waals surface area (Å²) in [6.07, 6.45) is 2.94. The molecular weight excluding hydrogens is 424 g/mol. The number of aromatic nitrogens is 1. The minimum atomic E-state index is -3.78. The van der Waals surface area contributed by atoms with Crippen molar-refractivity contribution in [1.82, 2.24) is 4.98 Å². The fourth-order valence-corrected chi connectivity index (χ4v) is 4.17. The zero-order valence-corrected chi connectivity index (χ0v) is 17.3. The molecule has 1 heterocycles. The summed E-state index contributed by atoms with van der Waals surface area (Å²) in [4.78, 5) is 16.3. The molecule has 0 fully saturated rings. The first-order valence-corrected chi connectivity index (χ1v) is 10.9. The minimum Gasteiger partial charge on any atom is -0.497 e. The van der Waals surface area contributed by atoms with Crippen molar-refractivity contribution in [2.45, 2.75) is 4.90 Å². The Balaban J connectivity index is 1.71. The number of amides is 1. The molecule has 0 aliphatic heterocycles. The average Bonchev–Trinajstić information content (AvgIpc) is 3.25. The number of hydrogen-bond acceptors (Lipinski definition) is 7. The van der Waals surface area contributed by atoms with E-state index in [-0.39, 0.29) is 15.6 Å². The topological polar surface area (TPSA) is 121 Å². The molecule has 0 bridgehead atoms. The van der Waals surface area contributed by atoms with Crippen molar-refractivity contribution < 1.29 is 17.9 Å². The maximum Gasteiger partial charge on any atom is 0.266 e. The maximum absolute atomic E-state index is 12.4. The Kier molecular flexibility index (Phi) is 6.46. The van der Waals surface area contributed by atoms with Crippen LogP contribution in [0, 0.1) is 11.3 Å². The highest BCUT2D eigenvalue weighted by Gasteiger charge is 2.16. The number of sulfonamides is 1. The maximum atomic E-state index is 12.4. The van der Waals surface area contributed by atoms with E-state index in [4.69, 9.17) is 4.74 Å². The van der Waals surface area contributed by atoms with Gasteiger partial charge in [-0.2, -0.15) is 5.26 Å². The number of methoxy groups -OCH3 is 1. The number of carbonyl (C=O) groups excluding carboxylic acids is 1. The number of ether oxygens (including phenoxy) is 1. The smallest absolute Gasteiger partial charge is 0.266 e. The van der Waals surface area contributed by atoms with Crippen molar-refractivity contribution >= 4 is 44.2 Å². The third-order valence-corrected chi connectivity index (χ3v) is 6.04. The number of carbonyl (C=O) groups is 1. The molecular formula is C20H16N4O4S2. The molecule has 0 aliphatic rings. The van der Waals surface area contributed by atoms with Gasteiger partial charge < -0.3 is 10.1 Å². The third kappa shape index (κ3) is 5.22. The molecule has 0 unspecified atom stereocenters. The van der Waals surface area contributed by atoms with Gasteiger partial charge in [0.05, 0.1) is 12.0 Å². The lowest BCUT2D eigenvalue weighted by molar-refractivity contribution is -0.112. The second-order valence-electron chi connectivity index (χ2n) is 5.86. The van der Waals surface area contributed by atoms with Crippen molar-refractivity contribution in [3.8, 4) is 11.8 Å². The highest BCUT2D eigenvalue weighted by Crippen LogP contribution is 2.20. The largest absolute Gasteiger partial charge is 0.497 e. The molecule has 0 spiro atoms. The van der Waals surface area contributed by atoms with Crippen LogP contribution >= 0.6 is 11.3 Å². The van der Waals surface area contributed by atoms with E-state index < -0.39 is 15.9 Å². The number of nitrogens with zero attached hydrogens (tertiary/aromatic N) is 2. The van der Waals surface area contributed by atoms with Crippen LogP contribution in [0.4, 0.5) is 10.8 Å². The van der Waals surface area contributed by atoms with Crippen LogP contribution in [0.25, 0.3) is 6.08 Å². The molecule has 10 heteroatoms. The van der Waals surface area contributed by atoms with Gasteiger partial charge in [0.1, 0.15) is 17.4 Å². The first-order chi connectivity index (χ1) is 14.4. The summed E-state index contributed by atoms with van der Waals surface area (Å²) in [5, 5.41) is 13.8. The molecule has 0 radical (unpaired) electrons. The lowest BCUT2D eigenvalue weighted by Crippen LogP contribution is -2.15. The fraction of sp³-hybridized carbons (Fsp3) is 0.0500. The molecule has 0 saturated heterocycles. The molecule has 1 aromatic heterocycles. The first-order valence-electron chi connectivity index (χ1n) is 8.51. The molecule has 3 aromatic rings. The Morgan fingerprint density at radius 2 is 1.87 bits per heavy atom. The normalized spacial score (nSPS) is 11.4. The van der Waals surface area contributed by atoms with Crippen LogP contribution in [0.15, 0.2) is 70.6 Å². The van der Waals surface area contributed by atoms with Crippen molar-refractivity contribution in [1.29, 1.82) is 5.26 Å². The minimum absolute atomic E-state index is 0.0185. The number of hydrogen-bond donors (Lipinski definition) is 2. The van der Waals surface area contributed by atoms with Gasteiger partial charge in [0.25, 0.3) is 15.9 Å². The lowest BCUT2D eigenvalue weighted by atomic mass is 10.1. The molecule has 1 amide bonds. The monoisotopic (exact) mass is 440 g/mol. The summed E-state index contributed by atoms with van der Waals surface area (Å²) in [6.45, 7) is 0. The van der Waals surface area contributed by atoms with Crippen LogP contribution in [0.1, 0.15) is 5.56 Å². The Hall–Kier alpha value is -3.68. The van der Waals surface area contributed by atoms with Crippen LogP contribution in [-0.4, -0.2) is 26.4 Å². The van der Waals surface area contributed by atoms with Gasteiger partial charge in [-0.3, -0.25) is 9.52 Å². The van der Waals surface area contributed by atoms with E-state index in [0.717, 1.165) is 11.3 Å². The predicted octanol–water partition coefficient (Wildman–Crippen LogP) is 3.50. The summed E-state index contributed by atoms with van der Waals surface area (Å²) in [7, 11) is -2.24. The summed E-state index contributed by atoms with van der Waals surface area (Å²) < 4.78 is 32.1. The first kappa shape index (κ1) is 21.0. The van der Waals surface area contributed by atoms with E-state index in [2.05, 4.69) is 15.0 Å². The van der Waals surface area contributed by atoms with Crippen LogP contribution in [0.2, 0.25) is 0 Å². The van der Waals surface area contributed by atoms with Gasteiger partial charge >= 0.3 is 0 Å². The van der Waals surface area contributed by atoms with E-state index in [9.17, 15) is 18.5 Å². The number of rotatable bonds is 7. The van der Waals surface area contributed by atoms with Crippen LogP contribution in [0.3, 0.4) is 0 Å². The van der Waals surface area contributed by atoms with Crippen LogP contribution in [-0.2, 0) is 14.8 Å². The highest BCUT2D eigenvalue weighted by molar-refractivity contribution is 7.93. The van der Waals surface area contributed by atoms with Gasteiger partial charge in [0.15, 0.2) is 5.13 Å². The van der Waals surface area contributed by atoms with E-state index in [0.29, 0.717) is 17.0 Å². The standard InChI is InChI=1S/C20H16N4O4S2/c1-28-17-6-2-14(3-7-17)12-15(13-21)19(25)23-16-4-8-18(9-5-16)30(26,27)24-20-22-10-11-29-20/h2-12H,1H3,(H,22,24)(H,23,25). The third-order valence-electron chi connectivity index (χ3n) is 3.87. The number of nitrogens with one attached hydrogen (secondary N) is 2. The van der Waals surface area contributed by atoms with Gasteiger partial charge in [0.2, 0.25) is 0 Å². The fourth-order valence-electron chi connectivity index (χ4n) is 2.38. The summed E-state index contributed by atoms with van der Waals surface area (Å²) in [5.74, 6) is 0.0549. The second-order valence-corrected chi connectivity index (χ2v) is 8.44. The van der Waals surface area contributed by atoms with Gasteiger partial charge in [0, 0.05) is 17.3 Å². The Bertz CT molecular complexity index is 1200. The lowest BCUT2D eigenvalue weighted by Gasteiger charge is -2.08. The average molecular weight is 441 g/mol. The second kappa shape index (κ2) is 9.21. The number of anilines is 2. The number of nitriles is 1. The molecule has 152 valence electrons. The Morgan fingerprint density at radius 1 is 1.17 bits per heavy atom. The summed E-state index contributed by atoms with van der Waals surface area (Å²) in [6, 6.07) is 14.3. The highest BCUT2D eigenvalue weighted by atomic mass is 32.2. The zero-order valence-electron chi connectivity index (χ0n) is 15.7. The van der Waals surface area contributed by atoms with E-state index >= 15 is 0 Å². The van der Waals surface area contributed by atoms with Gasteiger partial charge in [-0.15, -0.1) is 11.3 Å².